The Balaban J connectivity index is 2.19. The van der Waals surface area contributed by atoms with Gasteiger partial charge in [-0.05, 0) is 38.8 Å². The number of aromatic nitrogens is 4. The Morgan fingerprint density at radius 1 is 1.33 bits per heavy atom. The lowest BCUT2D eigenvalue weighted by atomic mass is 10.1. The van der Waals surface area contributed by atoms with E-state index in [1.807, 2.05) is 30.8 Å². The minimum Gasteiger partial charge on any atom is -0.378 e. The summed E-state index contributed by atoms with van der Waals surface area (Å²) in [6, 6.07) is 0. The molecule has 0 atom stereocenters. The molecule has 0 spiro atoms. The molecule has 0 aliphatic heterocycles. The van der Waals surface area contributed by atoms with Crippen molar-refractivity contribution in [1.82, 2.24) is 19.5 Å². The molecule has 3 heterocycles. The first-order chi connectivity index (χ1) is 12.6. The number of pyridine rings is 1. The molecule has 0 unspecified atom stereocenters. The van der Waals surface area contributed by atoms with Crippen LogP contribution in [0.15, 0.2) is 16.9 Å². The molecule has 0 amide bonds. The lowest BCUT2D eigenvalue weighted by Crippen LogP contribution is -2.14. The monoisotopic (exact) mass is 447 g/mol. The first kappa shape index (κ1) is 19.6. The van der Waals surface area contributed by atoms with Crippen molar-refractivity contribution in [2.75, 3.05) is 5.73 Å². The topological polar surface area (TPSA) is 89.8 Å². The number of nitrogen functional groups attached to an aromatic ring is 1. The molecule has 0 fully saturated rings. The summed E-state index contributed by atoms with van der Waals surface area (Å²) in [6.07, 6.45) is 3.65. The normalized spacial score (nSPS) is 11.5. The zero-order chi connectivity index (χ0) is 19.9. The van der Waals surface area contributed by atoms with Gasteiger partial charge in [-0.25, -0.2) is 4.98 Å². The van der Waals surface area contributed by atoms with Gasteiger partial charge < -0.3 is 15.4 Å². The Bertz CT molecular complexity index is 1110. The van der Waals surface area contributed by atoms with Crippen LogP contribution in [-0.4, -0.2) is 30.2 Å². The highest BCUT2D eigenvalue weighted by Gasteiger charge is 2.17. The van der Waals surface area contributed by atoms with Crippen LogP contribution in [0.25, 0.3) is 11.0 Å². The van der Waals surface area contributed by atoms with Crippen molar-refractivity contribution in [2.45, 2.75) is 39.8 Å². The summed E-state index contributed by atoms with van der Waals surface area (Å²) in [4.78, 5) is 12.9. The second-order valence-corrected chi connectivity index (χ2v) is 8.03. The van der Waals surface area contributed by atoms with E-state index in [-0.39, 0.29) is 11.1 Å². The van der Waals surface area contributed by atoms with Gasteiger partial charge in [0.25, 0.3) is 0 Å². The van der Waals surface area contributed by atoms with Crippen LogP contribution in [0.4, 0.5) is 5.95 Å². The zero-order valence-electron chi connectivity index (χ0n) is 15.4. The highest BCUT2D eigenvalue weighted by molar-refractivity contribution is 9.10. The number of hydrogen-bond acceptors (Lipinski definition) is 5. The molecule has 6 nitrogen and oxygen atoms in total. The maximum absolute atomic E-state index is 9.92. The van der Waals surface area contributed by atoms with E-state index in [4.69, 9.17) is 17.3 Å². The van der Waals surface area contributed by atoms with Crippen LogP contribution in [-0.2, 0) is 6.54 Å². The van der Waals surface area contributed by atoms with Crippen molar-refractivity contribution in [3.63, 3.8) is 0 Å². The zero-order valence-corrected chi connectivity index (χ0v) is 17.8. The summed E-state index contributed by atoms with van der Waals surface area (Å²) in [5.41, 5.74) is 8.87. The Morgan fingerprint density at radius 3 is 2.70 bits per heavy atom. The number of aryl methyl sites for hydroxylation is 1. The molecule has 0 aliphatic rings. The summed E-state index contributed by atoms with van der Waals surface area (Å²) >= 11 is 9.92. The number of halogens is 2. The van der Waals surface area contributed by atoms with Crippen LogP contribution in [0.2, 0.25) is 5.15 Å². The molecular formula is C19H19BrClN5O. The van der Waals surface area contributed by atoms with E-state index in [2.05, 4.69) is 42.7 Å². The summed E-state index contributed by atoms with van der Waals surface area (Å²) in [5.74, 6) is 5.86. The second kappa shape index (κ2) is 7.12. The number of nitrogens with zero attached hydrogens (tertiary/aromatic N) is 4. The van der Waals surface area contributed by atoms with Gasteiger partial charge in [0, 0.05) is 16.9 Å². The highest BCUT2D eigenvalue weighted by Crippen LogP contribution is 2.29. The summed E-state index contributed by atoms with van der Waals surface area (Å²) in [5, 5.41) is 10.8. The van der Waals surface area contributed by atoms with Crippen molar-refractivity contribution in [2.24, 2.45) is 0 Å². The summed E-state index contributed by atoms with van der Waals surface area (Å²) in [7, 11) is 0. The average Bonchev–Trinajstić information content (AvgIpc) is 2.91. The van der Waals surface area contributed by atoms with Gasteiger partial charge in [-0.15, -0.1) is 0 Å². The molecule has 3 aromatic rings. The molecule has 8 heteroatoms. The smallest absolute Gasteiger partial charge is 0.223 e. The van der Waals surface area contributed by atoms with E-state index in [0.717, 1.165) is 21.3 Å². The molecule has 0 saturated heterocycles. The van der Waals surface area contributed by atoms with E-state index < -0.39 is 5.60 Å². The maximum atomic E-state index is 9.92. The average molecular weight is 449 g/mol. The fraction of sp³-hybridized carbons (Fsp3) is 0.316. The Morgan fingerprint density at radius 2 is 2.04 bits per heavy atom. The largest absolute Gasteiger partial charge is 0.378 e. The van der Waals surface area contributed by atoms with Gasteiger partial charge in [-0.2, -0.15) is 4.98 Å². The van der Waals surface area contributed by atoms with Gasteiger partial charge in [0.2, 0.25) is 5.95 Å². The number of hydrogen-bond donors (Lipinski definition) is 2. The van der Waals surface area contributed by atoms with E-state index in [1.165, 1.54) is 0 Å². The van der Waals surface area contributed by atoms with Gasteiger partial charge in [-0.3, -0.25) is 4.98 Å². The molecular weight excluding hydrogens is 430 g/mol. The molecule has 27 heavy (non-hydrogen) atoms. The molecule has 0 saturated carbocycles. The third-order valence-electron chi connectivity index (χ3n) is 4.03. The lowest BCUT2D eigenvalue weighted by Gasteiger charge is -2.10. The SMILES string of the molecule is Cc1cnc(Cn2cc(C#CC(C)(C)O)c3c(Cl)nc(N)nc32)c(C)c1Br. The molecule has 3 N–H and O–H groups in total. The van der Waals surface area contributed by atoms with Gasteiger partial charge in [0.15, 0.2) is 0 Å². The fourth-order valence-corrected chi connectivity index (χ4v) is 3.27. The van der Waals surface area contributed by atoms with Crippen molar-refractivity contribution < 1.29 is 5.11 Å². The van der Waals surface area contributed by atoms with Crippen molar-refractivity contribution in [3.8, 4) is 11.8 Å². The number of rotatable bonds is 2. The predicted molar refractivity (Wildman–Crippen MR) is 111 cm³/mol. The van der Waals surface area contributed by atoms with Gasteiger partial charge >= 0.3 is 0 Å². The highest BCUT2D eigenvalue weighted by atomic mass is 79.9. The maximum Gasteiger partial charge on any atom is 0.223 e. The van der Waals surface area contributed by atoms with Crippen molar-refractivity contribution in [1.29, 1.82) is 0 Å². The molecule has 3 aromatic heterocycles. The minimum absolute atomic E-state index is 0.0867. The number of fused-ring (bicyclic) bond motifs is 1. The van der Waals surface area contributed by atoms with Crippen LogP contribution in [0.1, 0.15) is 36.2 Å². The van der Waals surface area contributed by atoms with E-state index in [9.17, 15) is 5.11 Å². The lowest BCUT2D eigenvalue weighted by molar-refractivity contribution is 0.143. The van der Waals surface area contributed by atoms with Gasteiger partial charge in [-0.1, -0.05) is 39.4 Å². The Hall–Kier alpha value is -2.14. The molecule has 0 bridgehead atoms. The molecule has 0 aromatic carbocycles. The van der Waals surface area contributed by atoms with Crippen LogP contribution < -0.4 is 5.73 Å². The predicted octanol–water partition coefficient (Wildman–Crippen LogP) is 3.61. The number of nitrogens with two attached hydrogens (primary N) is 1. The van der Waals surface area contributed by atoms with Crippen LogP contribution in [0.5, 0.6) is 0 Å². The van der Waals surface area contributed by atoms with Crippen LogP contribution in [0.3, 0.4) is 0 Å². The van der Waals surface area contributed by atoms with E-state index in [1.54, 1.807) is 13.8 Å². The summed E-state index contributed by atoms with van der Waals surface area (Å²) in [6.45, 7) is 7.71. The van der Waals surface area contributed by atoms with Crippen molar-refractivity contribution >= 4 is 44.5 Å². The first-order valence-corrected chi connectivity index (χ1v) is 9.42. The molecule has 140 valence electrons. The van der Waals surface area contributed by atoms with Gasteiger partial charge in [0.05, 0.1) is 23.2 Å². The van der Waals surface area contributed by atoms with Gasteiger partial charge in [0.1, 0.15) is 16.4 Å². The Kier molecular flexibility index (Phi) is 5.17. The standard InChI is InChI=1S/C19H19BrClN5O/c1-10-7-23-13(11(2)15(10)20)9-26-8-12(5-6-19(3,4)27)14-16(21)24-18(22)25-17(14)26/h7-8,27H,9H2,1-4H3,(H2,22,24,25). The minimum atomic E-state index is -1.13. The first-order valence-electron chi connectivity index (χ1n) is 8.25. The number of aliphatic hydroxyl groups is 1. The van der Waals surface area contributed by atoms with E-state index >= 15 is 0 Å². The third kappa shape index (κ3) is 4.08. The molecule has 3 rings (SSSR count). The molecule has 0 aliphatic carbocycles. The van der Waals surface area contributed by atoms with Crippen molar-refractivity contribution in [3.05, 3.63) is 44.4 Å². The quantitative estimate of drug-likeness (QED) is 0.462. The van der Waals surface area contributed by atoms with Crippen LogP contribution >= 0.6 is 27.5 Å². The van der Waals surface area contributed by atoms with E-state index in [0.29, 0.717) is 23.1 Å². The molecule has 0 radical (unpaired) electrons. The summed E-state index contributed by atoms with van der Waals surface area (Å²) < 4.78 is 2.92. The van der Waals surface area contributed by atoms with Crippen LogP contribution in [0, 0.1) is 25.7 Å². The fourth-order valence-electron chi connectivity index (χ4n) is 2.67. The second-order valence-electron chi connectivity index (χ2n) is 6.88. The third-order valence-corrected chi connectivity index (χ3v) is 5.53. The number of anilines is 1. The Labute approximate surface area is 170 Å².